The molecule has 7 nitrogen and oxygen atoms in total. The quantitative estimate of drug-likeness (QED) is 0.381. The Bertz CT molecular complexity index is 1080. The van der Waals surface area contributed by atoms with Gasteiger partial charge in [-0.3, -0.25) is 0 Å². The Balaban J connectivity index is 2.60. The van der Waals surface area contributed by atoms with Crippen molar-refractivity contribution in [1.29, 1.82) is 5.41 Å². The van der Waals surface area contributed by atoms with E-state index in [9.17, 15) is 44.7 Å². The van der Waals surface area contributed by atoms with E-state index in [2.05, 4.69) is 0 Å². The Hall–Kier alpha value is -2.45. The number of carboxylic acids is 1. The SMILES string of the molecule is CN([C@@H]1CCCC([NH2+]C(C)(C)C(=O)O)=C1C=N)S(=O)(=O)c1cc(C(F)(F)F)cc(C(F)(F)F)c1. The first-order valence-electron chi connectivity index (χ1n) is 9.92. The number of carbonyl (C=O) groups is 1. The van der Waals surface area contributed by atoms with Crippen LogP contribution in [0, 0.1) is 5.41 Å². The smallest absolute Gasteiger partial charge is 0.416 e. The fourth-order valence-electron chi connectivity index (χ4n) is 3.63. The molecule has 1 aromatic carbocycles. The maximum atomic E-state index is 13.2. The Morgan fingerprint density at radius 2 is 1.62 bits per heavy atom. The molecule has 0 saturated heterocycles. The molecule has 14 heteroatoms. The van der Waals surface area contributed by atoms with Crippen molar-refractivity contribution >= 4 is 22.2 Å². The molecule has 1 aliphatic rings. The van der Waals surface area contributed by atoms with Gasteiger partial charge in [0.25, 0.3) is 0 Å². The first kappa shape index (κ1) is 27.8. The molecule has 0 spiro atoms. The summed E-state index contributed by atoms with van der Waals surface area (Å²) in [6, 6.07) is -0.976. The number of nitrogens with zero attached hydrogens (tertiary/aromatic N) is 1. The molecule has 0 bridgehead atoms. The fourth-order valence-corrected chi connectivity index (χ4v) is 5.07. The van der Waals surface area contributed by atoms with Gasteiger partial charge >= 0.3 is 18.3 Å². The molecular formula is C20H24F6N3O4S+. The zero-order valence-electron chi connectivity index (χ0n) is 18.4. The van der Waals surface area contributed by atoms with Crippen molar-refractivity contribution in [3.63, 3.8) is 0 Å². The van der Waals surface area contributed by atoms with Gasteiger partial charge in [0.15, 0.2) is 5.54 Å². The summed E-state index contributed by atoms with van der Waals surface area (Å²) in [7, 11) is -3.86. The number of allylic oxidation sites excluding steroid dienone is 1. The molecule has 0 aliphatic heterocycles. The van der Waals surface area contributed by atoms with E-state index in [1.54, 1.807) is 0 Å². The van der Waals surface area contributed by atoms with Crippen LogP contribution in [0.3, 0.4) is 0 Å². The molecule has 190 valence electrons. The topological polar surface area (TPSA) is 115 Å². The van der Waals surface area contributed by atoms with Gasteiger partial charge in [0.1, 0.15) is 5.70 Å². The van der Waals surface area contributed by atoms with Crippen LogP contribution in [-0.2, 0) is 27.2 Å². The second kappa shape index (κ2) is 9.30. The lowest BCUT2D eigenvalue weighted by Gasteiger charge is -2.33. The van der Waals surface area contributed by atoms with Gasteiger partial charge in [-0.1, -0.05) is 0 Å². The number of carboxylic acid groups (broad SMARTS) is 1. The van der Waals surface area contributed by atoms with E-state index in [4.69, 9.17) is 5.41 Å². The molecule has 2 rings (SSSR count). The predicted octanol–water partition coefficient (Wildman–Crippen LogP) is 3.23. The number of rotatable bonds is 7. The number of quaternary nitrogens is 1. The van der Waals surface area contributed by atoms with Crippen molar-refractivity contribution in [3.8, 4) is 0 Å². The maximum Gasteiger partial charge on any atom is 0.416 e. The highest BCUT2D eigenvalue weighted by atomic mass is 32.2. The first-order valence-corrected chi connectivity index (χ1v) is 11.4. The number of aliphatic carboxylic acids is 1. The van der Waals surface area contributed by atoms with Crippen LogP contribution in [0.4, 0.5) is 26.3 Å². The number of sulfonamides is 1. The highest BCUT2D eigenvalue weighted by Gasteiger charge is 2.42. The minimum Gasteiger partial charge on any atom is -0.477 e. The largest absolute Gasteiger partial charge is 0.477 e. The second-order valence-corrected chi connectivity index (χ2v) is 10.5. The van der Waals surface area contributed by atoms with Gasteiger partial charge in [-0.25, -0.2) is 13.2 Å². The van der Waals surface area contributed by atoms with E-state index in [-0.39, 0.29) is 30.2 Å². The summed E-state index contributed by atoms with van der Waals surface area (Å²) >= 11 is 0. The van der Waals surface area contributed by atoms with Crippen LogP contribution in [0.2, 0.25) is 0 Å². The zero-order valence-corrected chi connectivity index (χ0v) is 19.2. The van der Waals surface area contributed by atoms with Crippen LogP contribution >= 0.6 is 0 Å². The number of nitrogens with one attached hydrogen (secondary N) is 1. The Labute approximate surface area is 192 Å². The molecule has 0 heterocycles. The summed E-state index contributed by atoms with van der Waals surface area (Å²) in [5.41, 5.74) is -4.39. The Morgan fingerprint density at radius 1 is 1.12 bits per heavy atom. The first-order chi connectivity index (χ1) is 15.3. The third-order valence-corrected chi connectivity index (χ3v) is 7.42. The van der Waals surface area contributed by atoms with Gasteiger partial charge in [0.05, 0.1) is 22.1 Å². The standard InChI is InChI=1S/C20H23F6N3O4S/c1-18(2,17(30)31)28-15-5-4-6-16(14(15)10-27)29(3)34(32,33)13-8-11(19(21,22)23)7-12(9-13)20(24,25)26/h7-10,16,27-28H,4-6H2,1-3H3,(H,30,31)/p+1/t16-/m1/s1. The van der Waals surface area contributed by atoms with Crippen LogP contribution < -0.4 is 5.32 Å². The summed E-state index contributed by atoms with van der Waals surface area (Å²) < 4.78 is 106. The average Bonchev–Trinajstić information content (AvgIpc) is 2.71. The van der Waals surface area contributed by atoms with E-state index in [1.165, 1.54) is 19.2 Å². The van der Waals surface area contributed by atoms with Gasteiger partial charge in [0.2, 0.25) is 10.0 Å². The minimum atomic E-state index is -5.22. The highest BCUT2D eigenvalue weighted by molar-refractivity contribution is 7.89. The molecule has 0 amide bonds. The molecule has 0 fully saturated rings. The number of halogens is 6. The number of likely N-dealkylation sites (N-methyl/N-ethyl adjacent to an activating group) is 1. The summed E-state index contributed by atoms with van der Waals surface area (Å²) in [5, 5.41) is 18.5. The monoisotopic (exact) mass is 516 g/mol. The highest BCUT2D eigenvalue weighted by Crippen LogP contribution is 2.38. The van der Waals surface area contributed by atoms with Crippen molar-refractivity contribution in [1.82, 2.24) is 4.31 Å². The van der Waals surface area contributed by atoms with Crippen molar-refractivity contribution in [3.05, 3.63) is 40.6 Å². The zero-order chi connectivity index (χ0) is 26.3. The van der Waals surface area contributed by atoms with E-state index >= 15 is 0 Å². The minimum absolute atomic E-state index is 0.120. The van der Waals surface area contributed by atoms with E-state index in [0.29, 0.717) is 22.8 Å². The molecule has 0 unspecified atom stereocenters. The molecule has 1 aliphatic carbocycles. The summed E-state index contributed by atoms with van der Waals surface area (Å²) in [6.07, 6.45) is -8.80. The molecular weight excluding hydrogens is 492 g/mol. The lowest BCUT2D eigenvalue weighted by Crippen LogP contribution is -2.96. The predicted molar refractivity (Wildman–Crippen MR) is 108 cm³/mol. The molecule has 0 radical (unpaired) electrons. The number of hydrogen-bond acceptors (Lipinski definition) is 4. The van der Waals surface area contributed by atoms with E-state index in [1.807, 2.05) is 0 Å². The summed E-state index contributed by atoms with van der Waals surface area (Å²) in [4.78, 5) is 10.3. The third-order valence-electron chi connectivity index (χ3n) is 5.57. The maximum absolute atomic E-state index is 13.2. The van der Waals surface area contributed by atoms with Gasteiger partial charge in [-0.2, -0.15) is 30.6 Å². The van der Waals surface area contributed by atoms with Crippen molar-refractivity contribution in [2.75, 3.05) is 7.05 Å². The number of nitrogens with two attached hydrogens (primary N) is 1. The number of hydrogen-bond donors (Lipinski definition) is 3. The van der Waals surface area contributed by atoms with Gasteiger partial charge in [-0.05, 0) is 31.0 Å². The molecule has 0 saturated carbocycles. The van der Waals surface area contributed by atoms with Crippen molar-refractivity contribution < 1.29 is 50.0 Å². The van der Waals surface area contributed by atoms with Crippen LogP contribution in [0.5, 0.6) is 0 Å². The van der Waals surface area contributed by atoms with Crippen LogP contribution in [0.25, 0.3) is 0 Å². The lowest BCUT2D eigenvalue weighted by molar-refractivity contribution is -0.666. The van der Waals surface area contributed by atoms with Gasteiger partial charge in [0, 0.05) is 39.1 Å². The second-order valence-electron chi connectivity index (χ2n) is 8.47. The fraction of sp³-hybridized carbons (Fsp3) is 0.500. The van der Waals surface area contributed by atoms with Crippen LogP contribution in [0.15, 0.2) is 34.4 Å². The molecule has 1 aromatic rings. The summed E-state index contributed by atoms with van der Waals surface area (Å²) in [5.74, 6) is -1.17. The molecule has 4 N–H and O–H groups in total. The van der Waals surface area contributed by atoms with Gasteiger partial charge < -0.3 is 15.8 Å². The average molecular weight is 516 g/mol. The molecule has 1 atom stereocenters. The number of benzene rings is 1. The van der Waals surface area contributed by atoms with E-state index in [0.717, 1.165) is 13.3 Å². The Morgan fingerprint density at radius 3 is 2.03 bits per heavy atom. The third kappa shape index (κ3) is 5.78. The van der Waals surface area contributed by atoms with E-state index < -0.39 is 55.9 Å². The van der Waals surface area contributed by atoms with Crippen molar-refractivity contribution in [2.24, 2.45) is 0 Å². The number of alkyl halides is 6. The Kier molecular flexibility index (Phi) is 7.60. The van der Waals surface area contributed by atoms with Crippen LogP contribution in [-0.4, -0.2) is 48.6 Å². The normalized spacial score (nSPS) is 18.4. The van der Waals surface area contributed by atoms with Crippen molar-refractivity contribution in [2.45, 2.75) is 61.9 Å². The molecule has 34 heavy (non-hydrogen) atoms. The van der Waals surface area contributed by atoms with Gasteiger partial charge in [-0.15, -0.1) is 0 Å². The lowest BCUT2D eigenvalue weighted by atomic mass is 9.90. The van der Waals surface area contributed by atoms with Crippen LogP contribution in [0.1, 0.15) is 44.2 Å². The summed E-state index contributed by atoms with van der Waals surface area (Å²) in [6.45, 7) is 2.80. The molecule has 0 aromatic heterocycles.